The number of nitrogens with zero attached hydrogens (tertiary/aromatic N) is 2. The van der Waals surface area contributed by atoms with Crippen molar-refractivity contribution in [3.63, 3.8) is 0 Å². The minimum Gasteiger partial charge on any atom is -0.497 e. The van der Waals surface area contributed by atoms with Crippen LogP contribution in [0.3, 0.4) is 0 Å². The molecule has 6 nitrogen and oxygen atoms in total. The van der Waals surface area contributed by atoms with Crippen LogP contribution in [0.4, 0.5) is 11.4 Å². The van der Waals surface area contributed by atoms with E-state index in [0.717, 1.165) is 34.1 Å². The molecule has 2 heterocycles. The number of hydrogen-bond acceptors (Lipinski definition) is 5. The molecule has 1 amide bonds. The number of anilines is 2. The van der Waals surface area contributed by atoms with Crippen LogP contribution in [0.5, 0.6) is 5.75 Å². The molecule has 0 fully saturated rings. The average molecular weight is 363 g/mol. The molecular formula is C21H21N3O3. The Bertz CT molecular complexity index is 949. The zero-order valence-corrected chi connectivity index (χ0v) is 15.3. The summed E-state index contributed by atoms with van der Waals surface area (Å²) in [6.45, 7) is 2.58. The lowest BCUT2D eigenvalue weighted by molar-refractivity contribution is -0.116. The first-order chi connectivity index (χ1) is 13.1. The van der Waals surface area contributed by atoms with Crippen LogP contribution in [0.1, 0.15) is 19.1 Å². The molecule has 0 saturated heterocycles. The van der Waals surface area contributed by atoms with Gasteiger partial charge in [-0.15, -0.1) is 0 Å². The lowest BCUT2D eigenvalue weighted by Gasteiger charge is -2.28. The van der Waals surface area contributed by atoms with Crippen molar-refractivity contribution in [3.8, 4) is 17.0 Å². The maximum absolute atomic E-state index is 12.1. The summed E-state index contributed by atoms with van der Waals surface area (Å²) in [6, 6.07) is 17.5. The zero-order valence-electron chi connectivity index (χ0n) is 15.3. The fourth-order valence-corrected chi connectivity index (χ4v) is 3.34. The SMILES string of the molecule is COc1ccc(-c2cc(CN3c4ccccc4NC(=O)C[C@H]3C)on2)cc1. The van der Waals surface area contributed by atoms with E-state index < -0.39 is 0 Å². The van der Waals surface area contributed by atoms with Gasteiger partial charge in [-0.2, -0.15) is 0 Å². The molecule has 0 saturated carbocycles. The van der Waals surface area contributed by atoms with E-state index >= 15 is 0 Å². The highest BCUT2D eigenvalue weighted by Crippen LogP contribution is 2.33. The van der Waals surface area contributed by atoms with E-state index in [4.69, 9.17) is 9.26 Å². The molecule has 1 atom stereocenters. The van der Waals surface area contributed by atoms with Gasteiger partial charge in [0, 0.05) is 24.1 Å². The Morgan fingerprint density at radius 2 is 2.00 bits per heavy atom. The number of aromatic nitrogens is 1. The predicted octanol–water partition coefficient (Wildman–Crippen LogP) is 4.09. The first-order valence-electron chi connectivity index (χ1n) is 8.89. The maximum Gasteiger partial charge on any atom is 0.226 e. The molecule has 3 aromatic rings. The Labute approximate surface area is 157 Å². The van der Waals surface area contributed by atoms with E-state index in [1.165, 1.54) is 0 Å². The summed E-state index contributed by atoms with van der Waals surface area (Å²) in [4.78, 5) is 14.3. The van der Waals surface area contributed by atoms with Gasteiger partial charge in [-0.05, 0) is 43.3 Å². The van der Waals surface area contributed by atoms with E-state index in [1.807, 2.05) is 61.5 Å². The van der Waals surface area contributed by atoms with Crippen molar-refractivity contribution >= 4 is 17.3 Å². The van der Waals surface area contributed by atoms with E-state index in [0.29, 0.717) is 13.0 Å². The van der Waals surface area contributed by atoms with Gasteiger partial charge in [-0.3, -0.25) is 4.79 Å². The zero-order chi connectivity index (χ0) is 18.8. The number of carbonyl (C=O) groups is 1. The molecule has 1 aliphatic rings. The molecule has 27 heavy (non-hydrogen) atoms. The third kappa shape index (κ3) is 3.51. The number of amides is 1. The van der Waals surface area contributed by atoms with Gasteiger partial charge in [-0.1, -0.05) is 17.3 Å². The van der Waals surface area contributed by atoms with Gasteiger partial charge < -0.3 is 19.5 Å². The highest BCUT2D eigenvalue weighted by atomic mass is 16.5. The number of nitrogens with one attached hydrogen (secondary N) is 1. The number of fused-ring (bicyclic) bond motifs is 1. The second-order valence-corrected chi connectivity index (χ2v) is 6.65. The van der Waals surface area contributed by atoms with Crippen molar-refractivity contribution < 1.29 is 14.1 Å². The lowest BCUT2D eigenvalue weighted by Crippen LogP contribution is -2.32. The largest absolute Gasteiger partial charge is 0.497 e. The van der Waals surface area contributed by atoms with Crippen molar-refractivity contribution in [2.24, 2.45) is 0 Å². The number of ether oxygens (including phenoxy) is 1. The third-order valence-corrected chi connectivity index (χ3v) is 4.77. The van der Waals surface area contributed by atoms with E-state index in [1.54, 1.807) is 7.11 Å². The molecule has 0 bridgehead atoms. The summed E-state index contributed by atoms with van der Waals surface area (Å²) in [5.41, 5.74) is 3.55. The molecule has 6 heteroatoms. The van der Waals surface area contributed by atoms with Crippen LogP contribution in [0.25, 0.3) is 11.3 Å². The van der Waals surface area contributed by atoms with Gasteiger partial charge >= 0.3 is 0 Å². The van der Waals surface area contributed by atoms with Crippen LogP contribution in [0, 0.1) is 0 Å². The molecule has 1 aliphatic heterocycles. The van der Waals surface area contributed by atoms with Crippen LogP contribution < -0.4 is 15.0 Å². The summed E-state index contributed by atoms with van der Waals surface area (Å²) in [5.74, 6) is 1.57. The van der Waals surface area contributed by atoms with Crippen molar-refractivity contribution in [2.75, 3.05) is 17.3 Å². The smallest absolute Gasteiger partial charge is 0.226 e. The normalized spacial score (nSPS) is 16.4. The van der Waals surface area contributed by atoms with Crippen LogP contribution in [-0.4, -0.2) is 24.2 Å². The van der Waals surface area contributed by atoms with E-state index in [-0.39, 0.29) is 11.9 Å². The molecule has 0 spiro atoms. The molecular weight excluding hydrogens is 342 g/mol. The minimum absolute atomic E-state index is 0.0222. The summed E-state index contributed by atoms with van der Waals surface area (Å²) >= 11 is 0. The number of rotatable bonds is 4. The van der Waals surface area contributed by atoms with Crippen molar-refractivity contribution in [1.29, 1.82) is 0 Å². The molecule has 138 valence electrons. The molecule has 2 aromatic carbocycles. The van der Waals surface area contributed by atoms with Crippen molar-refractivity contribution in [3.05, 3.63) is 60.4 Å². The topological polar surface area (TPSA) is 67.6 Å². The number of methoxy groups -OCH3 is 1. The van der Waals surface area contributed by atoms with Crippen LogP contribution >= 0.6 is 0 Å². The van der Waals surface area contributed by atoms with Gasteiger partial charge in [0.1, 0.15) is 11.4 Å². The van der Waals surface area contributed by atoms with Crippen LogP contribution in [0.2, 0.25) is 0 Å². The van der Waals surface area contributed by atoms with E-state index in [9.17, 15) is 4.79 Å². The molecule has 0 radical (unpaired) electrons. The van der Waals surface area contributed by atoms with Gasteiger partial charge in [0.25, 0.3) is 0 Å². The number of benzene rings is 2. The standard InChI is InChI=1S/C21H21N3O3/c1-14-11-21(25)22-18-5-3-4-6-20(18)24(14)13-17-12-19(23-27-17)15-7-9-16(26-2)10-8-15/h3-10,12,14H,11,13H2,1-2H3,(H,22,25)/t14-/m1/s1. The van der Waals surface area contributed by atoms with Crippen molar-refractivity contribution in [1.82, 2.24) is 5.16 Å². The van der Waals surface area contributed by atoms with Crippen LogP contribution in [0.15, 0.2) is 59.1 Å². The van der Waals surface area contributed by atoms with Crippen LogP contribution in [-0.2, 0) is 11.3 Å². The Kier molecular flexibility index (Phi) is 4.54. The highest BCUT2D eigenvalue weighted by Gasteiger charge is 2.26. The first kappa shape index (κ1) is 17.1. The second kappa shape index (κ2) is 7.15. The Hall–Kier alpha value is -3.28. The monoisotopic (exact) mass is 363 g/mol. The minimum atomic E-state index is 0.0222. The molecule has 1 aromatic heterocycles. The molecule has 4 rings (SSSR count). The molecule has 1 N–H and O–H groups in total. The van der Waals surface area contributed by atoms with Crippen molar-refractivity contribution in [2.45, 2.75) is 25.9 Å². The Morgan fingerprint density at radius 1 is 1.22 bits per heavy atom. The summed E-state index contributed by atoms with van der Waals surface area (Å²) in [7, 11) is 1.64. The number of carbonyl (C=O) groups excluding carboxylic acids is 1. The summed E-state index contributed by atoms with van der Waals surface area (Å²) < 4.78 is 10.8. The molecule has 0 aliphatic carbocycles. The fourth-order valence-electron chi connectivity index (χ4n) is 3.34. The van der Waals surface area contributed by atoms with Gasteiger partial charge in [0.15, 0.2) is 5.76 Å². The lowest BCUT2D eigenvalue weighted by atomic mass is 10.1. The summed E-state index contributed by atoms with van der Waals surface area (Å²) in [5, 5.41) is 7.17. The maximum atomic E-state index is 12.1. The Morgan fingerprint density at radius 3 is 2.78 bits per heavy atom. The third-order valence-electron chi connectivity index (χ3n) is 4.77. The fraction of sp³-hybridized carbons (Fsp3) is 0.238. The average Bonchev–Trinajstić information content (AvgIpc) is 3.11. The van der Waals surface area contributed by atoms with Gasteiger partial charge in [-0.25, -0.2) is 0 Å². The van der Waals surface area contributed by atoms with Gasteiger partial charge in [0.2, 0.25) is 5.91 Å². The predicted molar refractivity (Wildman–Crippen MR) is 104 cm³/mol. The quantitative estimate of drug-likeness (QED) is 0.756. The Balaban J connectivity index is 1.60. The molecule has 0 unspecified atom stereocenters. The summed E-state index contributed by atoms with van der Waals surface area (Å²) in [6.07, 6.45) is 0.425. The highest BCUT2D eigenvalue weighted by molar-refractivity contribution is 5.96. The van der Waals surface area contributed by atoms with E-state index in [2.05, 4.69) is 15.4 Å². The van der Waals surface area contributed by atoms with Gasteiger partial charge in [0.05, 0.1) is 25.0 Å². The second-order valence-electron chi connectivity index (χ2n) is 6.65. The first-order valence-corrected chi connectivity index (χ1v) is 8.89. The number of para-hydroxylation sites is 2. The number of hydrogen-bond donors (Lipinski definition) is 1.